The topological polar surface area (TPSA) is 77.7 Å². The van der Waals surface area contributed by atoms with Gasteiger partial charge in [0, 0.05) is 41.1 Å². The highest BCUT2D eigenvalue weighted by molar-refractivity contribution is 7.99. The minimum absolute atomic E-state index is 0.270. The van der Waals surface area contributed by atoms with Gasteiger partial charge in [-0.2, -0.15) is 16.9 Å². The van der Waals surface area contributed by atoms with E-state index in [4.69, 9.17) is 0 Å². The number of H-pyrrole nitrogens is 2. The molecule has 7 heteroatoms. The minimum atomic E-state index is 0.270. The molecule has 166 valence electrons. The first-order valence-corrected chi connectivity index (χ1v) is 12.7. The number of aromatic nitrogens is 4. The molecular weight excluding hydrogens is 418 g/mol. The Bertz CT molecular complexity index is 1270. The number of carbonyl (C=O) groups is 1. The second-order valence-electron chi connectivity index (χ2n) is 8.95. The summed E-state index contributed by atoms with van der Waals surface area (Å²) in [5, 5.41) is 9.49. The van der Waals surface area contributed by atoms with Crippen molar-refractivity contribution in [2.45, 2.75) is 38.5 Å². The molecule has 0 radical (unpaired) electrons. The molecule has 0 atom stereocenters. The lowest BCUT2D eigenvalue weighted by Crippen LogP contribution is -2.38. The summed E-state index contributed by atoms with van der Waals surface area (Å²) in [6.07, 6.45) is 7.73. The highest BCUT2D eigenvalue weighted by Crippen LogP contribution is 2.39. The van der Waals surface area contributed by atoms with Crippen molar-refractivity contribution in [3.05, 3.63) is 47.8 Å². The van der Waals surface area contributed by atoms with Crippen LogP contribution in [-0.4, -0.2) is 56.1 Å². The van der Waals surface area contributed by atoms with Crippen molar-refractivity contribution in [1.29, 1.82) is 0 Å². The van der Waals surface area contributed by atoms with Crippen LogP contribution in [0.4, 0.5) is 0 Å². The first-order chi connectivity index (χ1) is 15.6. The Labute approximate surface area is 192 Å². The van der Waals surface area contributed by atoms with E-state index in [2.05, 4.69) is 58.3 Å². The lowest BCUT2D eigenvalue weighted by molar-refractivity contribution is -0.129. The van der Waals surface area contributed by atoms with Crippen molar-refractivity contribution in [2.24, 2.45) is 0 Å². The van der Waals surface area contributed by atoms with Gasteiger partial charge in [0.1, 0.15) is 0 Å². The molecule has 0 saturated carbocycles. The van der Waals surface area contributed by atoms with Gasteiger partial charge in [-0.15, -0.1) is 0 Å². The number of nitrogens with one attached hydrogen (secondary N) is 2. The first-order valence-electron chi connectivity index (χ1n) is 11.3. The van der Waals surface area contributed by atoms with E-state index < -0.39 is 0 Å². The van der Waals surface area contributed by atoms with Crippen molar-refractivity contribution >= 4 is 39.6 Å². The molecule has 1 aromatic carbocycles. The van der Waals surface area contributed by atoms with Gasteiger partial charge in [-0.25, -0.2) is 4.98 Å². The van der Waals surface area contributed by atoms with Crippen molar-refractivity contribution in [3.63, 3.8) is 0 Å². The molecule has 32 heavy (non-hydrogen) atoms. The zero-order chi connectivity index (χ0) is 22.2. The third kappa shape index (κ3) is 3.68. The highest BCUT2D eigenvalue weighted by atomic mass is 32.2. The fraction of sp³-hybridized carbons (Fsp3) is 0.400. The molecule has 3 aromatic heterocycles. The molecule has 2 N–H and O–H groups in total. The second-order valence-corrected chi connectivity index (χ2v) is 9.82. The van der Waals surface area contributed by atoms with Gasteiger partial charge < -0.3 is 9.88 Å². The molecule has 0 aliphatic carbocycles. The highest BCUT2D eigenvalue weighted by Gasteiger charge is 2.25. The van der Waals surface area contributed by atoms with E-state index in [0.29, 0.717) is 17.6 Å². The van der Waals surface area contributed by atoms with E-state index in [-0.39, 0.29) is 5.91 Å². The van der Waals surface area contributed by atoms with Gasteiger partial charge >= 0.3 is 0 Å². The van der Waals surface area contributed by atoms with Crippen molar-refractivity contribution in [3.8, 4) is 11.3 Å². The van der Waals surface area contributed by atoms with E-state index in [9.17, 15) is 4.79 Å². The average molecular weight is 448 g/mol. The van der Waals surface area contributed by atoms with Crippen molar-refractivity contribution in [1.82, 2.24) is 25.1 Å². The number of nitrogens with zero attached hydrogens (tertiary/aromatic N) is 3. The van der Waals surface area contributed by atoms with Crippen LogP contribution in [0.25, 0.3) is 33.2 Å². The Morgan fingerprint density at radius 1 is 1.22 bits per heavy atom. The standard InChI is InChI=1S/C25H29N5OS/c1-15(2)23-19-12-17(16-7-10-30(11-8-16)22(31)14-32-3)4-5-21(19)28-24(23)18-6-9-26-25-20(18)13-27-29-25/h4-6,9,12-13,15-16,28H,7-8,10-11,14H2,1-3H3,(H,26,27,29). The fourth-order valence-electron chi connectivity index (χ4n) is 5.04. The van der Waals surface area contributed by atoms with Gasteiger partial charge in [0.2, 0.25) is 5.91 Å². The van der Waals surface area contributed by atoms with Gasteiger partial charge in [-0.3, -0.25) is 9.89 Å². The van der Waals surface area contributed by atoms with Gasteiger partial charge in [0.05, 0.1) is 17.6 Å². The Morgan fingerprint density at radius 3 is 2.78 bits per heavy atom. The third-order valence-electron chi connectivity index (χ3n) is 6.65. The number of fused-ring (bicyclic) bond motifs is 2. The lowest BCUT2D eigenvalue weighted by atomic mass is 9.87. The predicted molar refractivity (Wildman–Crippen MR) is 132 cm³/mol. The number of amides is 1. The largest absolute Gasteiger partial charge is 0.354 e. The second kappa shape index (κ2) is 8.62. The van der Waals surface area contributed by atoms with Crippen molar-refractivity contribution in [2.75, 3.05) is 25.1 Å². The summed E-state index contributed by atoms with van der Waals surface area (Å²) in [5.74, 6) is 1.72. The normalized spacial score (nSPS) is 15.3. The Kier molecular flexibility index (Phi) is 5.67. The van der Waals surface area contributed by atoms with Crippen LogP contribution in [0.1, 0.15) is 49.7 Å². The fourth-order valence-corrected chi connectivity index (χ4v) is 5.47. The minimum Gasteiger partial charge on any atom is -0.354 e. The monoisotopic (exact) mass is 447 g/mol. The number of piperidine rings is 1. The number of hydrogen-bond acceptors (Lipinski definition) is 4. The smallest absolute Gasteiger partial charge is 0.232 e. The summed E-state index contributed by atoms with van der Waals surface area (Å²) in [7, 11) is 0. The van der Waals surface area contributed by atoms with E-state index in [1.54, 1.807) is 11.8 Å². The van der Waals surface area contributed by atoms with Crippen LogP contribution in [-0.2, 0) is 4.79 Å². The quantitative estimate of drug-likeness (QED) is 0.435. The molecule has 6 nitrogen and oxygen atoms in total. The summed E-state index contributed by atoms with van der Waals surface area (Å²) in [6, 6.07) is 8.93. The predicted octanol–water partition coefficient (Wildman–Crippen LogP) is 5.30. The molecular formula is C25H29N5OS. The molecule has 4 heterocycles. The summed E-state index contributed by atoms with van der Waals surface area (Å²) >= 11 is 1.60. The summed E-state index contributed by atoms with van der Waals surface area (Å²) in [4.78, 5) is 22.3. The van der Waals surface area contributed by atoms with Gasteiger partial charge in [-0.05, 0) is 60.3 Å². The zero-order valence-electron chi connectivity index (χ0n) is 18.8. The molecule has 5 rings (SSSR count). The molecule has 1 amide bonds. The number of hydrogen-bond donors (Lipinski definition) is 2. The molecule has 1 fully saturated rings. The third-order valence-corrected chi connectivity index (χ3v) is 7.19. The molecule has 0 bridgehead atoms. The van der Waals surface area contributed by atoms with Crippen LogP contribution in [0, 0.1) is 0 Å². The molecule has 0 unspecified atom stereocenters. The average Bonchev–Trinajstić information content (AvgIpc) is 3.43. The number of benzene rings is 1. The van der Waals surface area contributed by atoms with Crippen LogP contribution in [0.2, 0.25) is 0 Å². The Balaban J connectivity index is 1.50. The van der Waals surface area contributed by atoms with Crippen molar-refractivity contribution < 1.29 is 4.79 Å². The van der Waals surface area contributed by atoms with Gasteiger partial charge in [0.25, 0.3) is 0 Å². The lowest BCUT2D eigenvalue weighted by Gasteiger charge is -2.32. The first kappa shape index (κ1) is 21.1. The zero-order valence-corrected chi connectivity index (χ0v) is 19.6. The van der Waals surface area contributed by atoms with Crippen LogP contribution in [0.5, 0.6) is 0 Å². The van der Waals surface area contributed by atoms with Crippen LogP contribution >= 0.6 is 11.8 Å². The molecule has 4 aromatic rings. The number of pyridine rings is 1. The number of likely N-dealkylation sites (tertiary alicyclic amines) is 1. The van der Waals surface area contributed by atoms with E-state index in [0.717, 1.165) is 53.7 Å². The van der Waals surface area contributed by atoms with Crippen LogP contribution in [0.15, 0.2) is 36.7 Å². The molecule has 1 aliphatic heterocycles. The van der Waals surface area contributed by atoms with Gasteiger partial charge in [-0.1, -0.05) is 19.9 Å². The van der Waals surface area contributed by atoms with E-state index >= 15 is 0 Å². The summed E-state index contributed by atoms with van der Waals surface area (Å²) < 4.78 is 0. The molecule has 1 saturated heterocycles. The van der Waals surface area contributed by atoms with E-state index in [1.165, 1.54) is 16.5 Å². The van der Waals surface area contributed by atoms with E-state index in [1.807, 2.05) is 23.5 Å². The number of thioether (sulfide) groups is 1. The maximum Gasteiger partial charge on any atom is 0.232 e. The number of carbonyl (C=O) groups excluding carboxylic acids is 1. The Hall–Kier alpha value is -2.80. The van der Waals surface area contributed by atoms with Crippen LogP contribution < -0.4 is 0 Å². The summed E-state index contributed by atoms with van der Waals surface area (Å²) in [6.45, 7) is 6.21. The number of rotatable bonds is 5. The molecule has 0 spiro atoms. The maximum atomic E-state index is 12.2. The van der Waals surface area contributed by atoms with Gasteiger partial charge in [0.15, 0.2) is 5.65 Å². The molecule has 1 aliphatic rings. The SMILES string of the molecule is CSCC(=O)N1CCC(c2ccc3[nH]c(-c4ccnc5[nH]ncc45)c(C(C)C)c3c2)CC1. The number of aromatic amines is 2. The van der Waals surface area contributed by atoms with Crippen LogP contribution in [0.3, 0.4) is 0 Å². The maximum absolute atomic E-state index is 12.2. The summed E-state index contributed by atoms with van der Waals surface area (Å²) in [5.41, 5.74) is 6.96. The Morgan fingerprint density at radius 2 is 2.03 bits per heavy atom.